The number of ether oxygens (including phenoxy) is 5. The second kappa shape index (κ2) is 11.8. The average Bonchev–Trinajstić information content (AvgIpc) is 2.96. The smallest absolute Gasteiger partial charge is 0.229 e. The molecule has 13 nitrogen and oxygen atoms in total. The molecule has 9 atom stereocenters. The Bertz CT molecular complexity index is 1360. The summed E-state index contributed by atoms with van der Waals surface area (Å²) in [5, 5.41) is 60.9. The van der Waals surface area contributed by atoms with Gasteiger partial charge < -0.3 is 58.7 Å². The summed E-state index contributed by atoms with van der Waals surface area (Å²) in [6, 6.07) is 11.3. The van der Waals surface area contributed by atoms with Gasteiger partial charge in [-0.3, -0.25) is 4.79 Å². The second-order valence-electron chi connectivity index (χ2n) is 9.58. The average molecular weight is 563 g/mol. The lowest BCUT2D eigenvalue weighted by molar-refractivity contribution is -0.307. The maximum Gasteiger partial charge on any atom is 0.229 e. The minimum atomic E-state index is -1.68. The quantitative estimate of drug-likeness (QED) is 0.208. The van der Waals surface area contributed by atoms with E-state index in [1.807, 2.05) is 0 Å². The first-order valence-corrected chi connectivity index (χ1v) is 12.5. The van der Waals surface area contributed by atoms with Crippen molar-refractivity contribution < 1.29 is 58.7 Å². The van der Waals surface area contributed by atoms with Crippen LogP contribution in [0.3, 0.4) is 0 Å². The van der Waals surface area contributed by atoms with E-state index < -0.39 is 61.9 Å². The summed E-state index contributed by atoms with van der Waals surface area (Å²) in [6.07, 6.45) is -12.0. The molecule has 2 aliphatic rings. The lowest BCUT2D eigenvalue weighted by atomic mass is 9.99. The summed E-state index contributed by atoms with van der Waals surface area (Å²) >= 11 is 0. The van der Waals surface area contributed by atoms with Crippen LogP contribution in [0.4, 0.5) is 0 Å². The highest BCUT2D eigenvalue weighted by Crippen LogP contribution is 2.29. The van der Waals surface area contributed by atoms with Gasteiger partial charge in [-0.2, -0.15) is 0 Å². The lowest BCUT2D eigenvalue weighted by Gasteiger charge is -2.41. The Hall–Kier alpha value is -3.11. The highest BCUT2D eigenvalue weighted by atomic mass is 16.7. The van der Waals surface area contributed by atoms with Gasteiger partial charge >= 0.3 is 0 Å². The van der Waals surface area contributed by atoms with Crippen molar-refractivity contribution in [3.63, 3.8) is 0 Å². The summed E-state index contributed by atoms with van der Waals surface area (Å²) < 4.78 is 32.8. The molecule has 0 aliphatic carbocycles. The van der Waals surface area contributed by atoms with Gasteiger partial charge in [0.15, 0.2) is 11.7 Å². The maximum absolute atomic E-state index is 13.1. The Morgan fingerprint density at radius 3 is 2.27 bits per heavy atom. The zero-order valence-corrected chi connectivity index (χ0v) is 21.3. The van der Waals surface area contributed by atoms with Crippen LogP contribution < -0.4 is 14.9 Å². The molecule has 0 radical (unpaired) electrons. The van der Waals surface area contributed by atoms with Crippen molar-refractivity contribution in [2.24, 2.45) is 0 Å². The van der Waals surface area contributed by atoms with Crippen LogP contribution in [0, 0.1) is 0 Å². The summed E-state index contributed by atoms with van der Waals surface area (Å²) in [6.45, 7) is -0.709. The standard InChI is InChI=1S/C27H30O13/c1-35-13-4-2-12(3-5-13)16-9-36-18-8-14(6-7-15(18)20(16)29)39-27-25(34)23(32)22(31)19(40-27)11-38-26-24(33)21(30)17(28)10-37-26/h2-9,17,19,21-28,30-34H,10-11H2,1H3/t17-,19-,21+,22-,23+,24-,25-,26+,27-/m1/s1. The Labute approximate surface area is 227 Å². The van der Waals surface area contributed by atoms with Crippen LogP contribution >= 0.6 is 0 Å². The minimum Gasteiger partial charge on any atom is -0.497 e. The van der Waals surface area contributed by atoms with Gasteiger partial charge in [0.2, 0.25) is 6.29 Å². The molecule has 6 N–H and O–H groups in total. The van der Waals surface area contributed by atoms with Crippen LogP contribution in [-0.4, -0.2) is 106 Å². The zero-order valence-electron chi connectivity index (χ0n) is 21.3. The molecular formula is C27H30O13. The first-order valence-electron chi connectivity index (χ1n) is 12.5. The molecule has 2 fully saturated rings. The van der Waals surface area contributed by atoms with Gasteiger partial charge in [-0.15, -0.1) is 0 Å². The van der Waals surface area contributed by atoms with Crippen LogP contribution in [0.1, 0.15) is 0 Å². The van der Waals surface area contributed by atoms with E-state index in [1.165, 1.54) is 24.5 Å². The summed E-state index contributed by atoms with van der Waals surface area (Å²) in [5.41, 5.74) is 0.930. The van der Waals surface area contributed by atoms with E-state index in [2.05, 4.69) is 0 Å². The third kappa shape index (κ3) is 5.56. The summed E-state index contributed by atoms with van der Waals surface area (Å²) in [7, 11) is 1.55. The fourth-order valence-corrected chi connectivity index (χ4v) is 4.55. The van der Waals surface area contributed by atoms with E-state index in [4.69, 9.17) is 28.1 Å². The van der Waals surface area contributed by atoms with E-state index in [-0.39, 0.29) is 28.8 Å². The molecule has 2 aliphatic heterocycles. The Morgan fingerprint density at radius 2 is 1.55 bits per heavy atom. The fraction of sp³-hybridized carbons (Fsp3) is 0.444. The number of rotatable bonds is 7. The summed E-state index contributed by atoms with van der Waals surface area (Å²) in [4.78, 5) is 13.1. The predicted molar refractivity (Wildman–Crippen MR) is 135 cm³/mol. The lowest BCUT2D eigenvalue weighted by Crippen LogP contribution is -2.61. The molecule has 40 heavy (non-hydrogen) atoms. The SMILES string of the molecule is COc1ccc(-c2coc3cc(O[C@@H]4O[C@H](CO[C@@H]5OC[C@@H](O)[C@H](O)[C@H]5O)[C@@H](O)[C@H](O)[C@H]4O)ccc3c2=O)cc1. The number of hydrogen-bond acceptors (Lipinski definition) is 13. The third-order valence-corrected chi connectivity index (χ3v) is 6.95. The van der Waals surface area contributed by atoms with Crippen molar-refractivity contribution >= 4 is 11.0 Å². The van der Waals surface area contributed by atoms with Crippen LogP contribution in [-0.2, 0) is 14.2 Å². The van der Waals surface area contributed by atoms with Crippen molar-refractivity contribution in [2.75, 3.05) is 20.3 Å². The molecule has 2 aromatic carbocycles. The molecule has 5 rings (SSSR count). The Balaban J connectivity index is 1.29. The molecule has 0 spiro atoms. The first kappa shape index (κ1) is 28.4. The Kier molecular flexibility index (Phi) is 8.37. The number of aliphatic hydroxyl groups is 6. The number of methoxy groups -OCH3 is 1. The van der Waals surface area contributed by atoms with E-state index in [0.29, 0.717) is 16.9 Å². The van der Waals surface area contributed by atoms with Gasteiger partial charge in [0.25, 0.3) is 0 Å². The topological polar surface area (TPSA) is 198 Å². The highest BCUT2D eigenvalue weighted by Gasteiger charge is 2.46. The monoisotopic (exact) mass is 562 g/mol. The highest BCUT2D eigenvalue weighted by molar-refractivity contribution is 5.82. The molecular weight excluding hydrogens is 532 g/mol. The van der Waals surface area contributed by atoms with Gasteiger partial charge in [0, 0.05) is 6.07 Å². The van der Waals surface area contributed by atoms with Crippen LogP contribution in [0.5, 0.6) is 11.5 Å². The van der Waals surface area contributed by atoms with Gasteiger partial charge in [-0.05, 0) is 29.8 Å². The molecule has 0 bridgehead atoms. The first-order chi connectivity index (χ1) is 19.2. The zero-order chi connectivity index (χ0) is 28.6. The molecule has 0 saturated carbocycles. The van der Waals surface area contributed by atoms with Crippen LogP contribution in [0.15, 0.2) is 57.9 Å². The van der Waals surface area contributed by atoms with E-state index in [0.717, 1.165) is 0 Å². The third-order valence-electron chi connectivity index (χ3n) is 6.95. The van der Waals surface area contributed by atoms with Gasteiger partial charge in [0.1, 0.15) is 66.1 Å². The molecule has 216 valence electrons. The van der Waals surface area contributed by atoms with Gasteiger partial charge in [-0.25, -0.2) is 0 Å². The van der Waals surface area contributed by atoms with Crippen molar-refractivity contribution in [1.29, 1.82) is 0 Å². The molecule has 0 unspecified atom stereocenters. The fourth-order valence-electron chi connectivity index (χ4n) is 4.55. The molecule has 3 aromatic rings. The van der Waals surface area contributed by atoms with Crippen molar-refractivity contribution in [1.82, 2.24) is 0 Å². The molecule has 3 heterocycles. The predicted octanol–water partition coefficient (Wildman–Crippen LogP) is -0.889. The van der Waals surface area contributed by atoms with Gasteiger partial charge in [0.05, 0.1) is 31.3 Å². The normalized spacial score (nSPS) is 32.6. The van der Waals surface area contributed by atoms with Crippen molar-refractivity contribution in [3.05, 3.63) is 59.0 Å². The second-order valence-corrected chi connectivity index (χ2v) is 9.58. The number of aliphatic hydroxyl groups excluding tert-OH is 6. The van der Waals surface area contributed by atoms with Crippen molar-refractivity contribution in [2.45, 2.75) is 55.3 Å². The summed E-state index contributed by atoms with van der Waals surface area (Å²) in [5.74, 6) is 0.788. The number of fused-ring (bicyclic) bond motifs is 1. The number of hydrogen-bond donors (Lipinski definition) is 6. The van der Waals surface area contributed by atoms with Crippen LogP contribution in [0.2, 0.25) is 0 Å². The molecule has 13 heteroatoms. The Morgan fingerprint density at radius 1 is 0.850 bits per heavy atom. The largest absolute Gasteiger partial charge is 0.497 e. The van der Waals surface area contributed by atoms with E-state index in [9.17, 15) is 35.4 Å². The molecule has 2 saturated heterocycles. The van der Waals surface area contributed by atoms with Gasteiger partial charge in [-0.1, -0.05) is 12.1 Å². The van der Waals surface area contributed by atoms with E-state index in [1.54, 1.807) is 31.4 Å². The van der Waals surface area contributed by atoms with Crippen molar-refractivity contribution in [3.8, 4) is 22.6 Å². The van der Waals surface area contributed by atoms with E-state index >= 15 is 0 Å². The number of benzene rings is 2. The molecule has 1 aromatic heterocycles. The maximum atomic E-state index is 13.1. The van der Waals surface area contributed by atoms with Crippen LogP contribution in [0.25, 0.3) is 22.1 Å². The molecule has 0 amide bonds. The minimum absolute atomic E-state index is 0.142.